The van der Waals surface area contributed by atoms with E-state index < -0.39 is 5.82 Å². The van der Waals surface area contributed by atoms with Gasteiger partial charge in [-0.15, -0.1) is 36.2 Å². The summed E-state index contributed by atoms with van der Waals surface area (Å²) >= 11 is 1.51. The Balaban J connectivity index is 0.00000160. The molecule has 162 valence electrons. The summed E-state index contributed by atoms with van der Waals surface area (Å²) in [6.07, 6.45) is 2.75. The van der Waals surface area contributed by atoms with Gasteiger partial charge < -0.3 is 16.0 Å². The van der Waals surface area contributed by atoms with Gasteiger partial charge in [-0.2, -0.15) is 0 Å². The van der Waals surface area contributed by atoms with Gasteiger partial charge in [0.2, 0.25) is 5.95 Å². The average Bonchev–Trinajstić information content (AvgIpc) is 3.00. The Morgan fingerprint density at radius 2 is 2.07 bits per heavy atom. The van der Waals surface area contributed by atoms with Gasteiger partial charge in [0.25, 0.3) is 5.91 Å². The van der Waals surface area contributed by atoms with Crippen LogP contribution in [0.3, 0.4) is 0 Å². The fraction of sp³-hybridized carbons (Fsp3) is 0.368. The molecule has 3 aromatic heterocycles. The lowest BCUT2D eigenvalue weighted by molar-refractivity contribution is 0.0512. The van der Waals surface area contributed by atoms with Gasteiger partial charge in [-0.1, -0.05) is 0 Å². The topological polar surface area (TPSA) is 97.0 Å². The summed E-state index contributed by atoms with van der Waals surface area (Å²) < 4.78 is 14.2. The number of anilines is 1. The van der Waals surface area contributed by atoms with E-state index in [1.807, 2.05) is 19.9 Å². The molecule has 0 saturated carbocycles. The molecule has 1 fully saturated rings. The second kappa shape index (κ2) is 9.82. The van der Waals surface area contributed by atoms with Gasteiger partial charge >= 0.3 is 0 Å². The lowest BCUT2D eigenvalue weighted by Crippen LogP contribution is -2.52. The number of fused-ring (bicyclic) bond motifs is 1. The second-order valence-corrected chi connectivity index (χ2v) is 8.34. The van der Waals surface area contributed by atoms with Crippen molar-refractivity contribution in [2.75, 3.05) is 25.0 Å². The molecule has 1 atom stereocenters. The zero-order valence-corrected chi connectivity index (χ0v) is 18.9. The van der Waals surface area contributed by atoms with Crippen LogP contribution in [0.4, 0.5) is 10.3 Å². The number of pyridine rings is 1. The van der Waals surface area contributed by atoms with Gasteiger partial charge in [0, 0.05) is 30.1 Å². The molecule has 11 heteroatoms. The highest BCUT2D eigenvalue weighted by Crippen LogP contribution is 2.30. The third-order valence-electron chi connectivity index (χ3n) is 4.85. The normalized spacial score (nSPS) is 14.5. The Kier molecular flexibility index (Phi) is 7.93. The lowest BCUT2D eigenvalue weighted by atomic mass is 10.00. The quantitative estimate of drug-likeness (QED) is 0.588. The highest BCUT2D eigenvalue weighted by Gasteiger charge is 2.32. The van der Waals surface area contributed by atoms with Crippen molar-refractivity contribution in [3.05, 3.63) is 46.5 Å². The number of aryl methyl sites for hydroxylation is 1. The van der Waals surface area contributed by atoms with E-state index in [2.05, 4.69) is 20.3 Å². The van der Waals surface area contributed by atoms with Crippen molar-refractivity contribution >= 4 is 58.2 Å². The van der Waals surface area contributed by atoms with Gasteiger partial charge in [0.15, 0.2) is 5.69 Å². The summed E-state index contributed by atoms with van der Waals surface area (Å²) in [7, 11) is 0. The van der Waals surface area contributed by atoms with E-state index in [0.29, 0.717) is 42.8 Å². The van der Waals surface area contributed by atoms with Gasteiger partial charge in [0.1, 0.15) is 5.82 Å². The first-order chi connectivity index (χ1) is 13.4. The van der Waals surface area contributed by atoms with Crippen LogP contribution in [0.2, 0.25) is 0 Å². The van der Waals surface area contributed by atoms with Gasteiger partial charge in [0.05, 0.1) is 22.5 Å². The number of hydrogen-bond acceptors (Lipinski definition) is 7. The summed E-state index contributed by atoms with van der Waals surface area (Å²) in [6, 6.07) is 3.09. The van der Waals surface area contributed by atoms with Crippen LogP contribution in [0.5, 0.6) is 0 Å². The Morgan fingerprint density at radius 3 is 2.73 bits per heavy atom. The number of carbonyl (C=O) groups excluding carboxylic acids is 1. The Morgan fingerprint density at radius 1 is 1.33 bits per heavy atom. The minimum atomic E-state index is -0.404. The Bertz CT molecular complexity index is 1040. The van der Waals surface area contributed by atoms with E-state index in [4.69, 9.17) is 5.73 Å². The molecule has 7 nitrogen and oxygen atoms in total. The third-order valence-corrected chi connectivity index (χ3v) is 5.89. The first kappa shape index (κ1) is 24.2. The maximum Gasteiger partial charge on any atom is 0.274 e. The van der Waals surface area contributed by atoms with Crippen LogP contribution in [0.25, 0.3) is 10.2 Å². The summed E-state index contributed by atoms with van der Waals surface area (Å²) in [5, 5.41) is 3.16. The number of thiophene rings is 1. The van der Waals surface area contributed by atoms with Crippen molar-refractivity contribution in [3.8, 4) is 0 Å². The van der Waals surface area contributed by atoms with Crippen LogP contribution < -0.4 is 11.1 Å². The molecular weight excluding hydrogens is 450 g/mol. The highest BCUT2D eigenvalue weighted by molar-refractivity contribution is 7.19. The van der Waals surface area contributed by atoms with Gasteiger partial charge in [-0.05, 0) is 38.1 Å². The van der Waals surface area contributed by atoms with E-state index in [1.165, 1.54) is 17.4 Å². The third kappa shape index (κ3) is 4.80. The fourth-order valence-electron chi connectivity index (χ4n) is 3.24. The number of carbonyl (C=O) groups is 1. The molecule has 0 unspecified atom stereocenters. The smallest absolute Gasteiger partial charge is 0.274 e. The van der Waals surface area contributed by atoms with Crippen LogP contribution >= 0.6 is 36.2 Å². The van der Waals surface area contributed by atoms with Crippen LogP contribution in [-0.2, 0) is 0 Å². The molecule has 1 saturated heterocycles. The molecule has 0 radical (unpaired) electrons. The van der Waals surface area contributed by atoms with E-state index in [0.717, 1.165) is 21.3 Å². The largest absolute Gasteiger partial charge is 0.348 e. The molecule has 1 aliphatic heterocycles. The van der Waals surface area contributed by atoms with E-state index in [9.17, 15) is 9.18 Å². The van der Waals surface area contributed by atoms with Crippen molar-refractivity contribution in [2.45, 2.75) is 19.9 Å². The molecule has 4 heterocycles. The zero-order valence-electron chi connectivity index (χ0n) is 16.5. The molecule has 0 aromatic carbocycles. The summed E-state index contributed by atoms with van der Waals surface area (Å²) in [6.45, 7) is 5.72. The van der Waals surface area contributed by atoms with E-state index >= 15 is 0 Å². The van der Waals surface area contributed by atoms with Crippen molar-refractivity contribution in [2.24, 2.45) is 11.7 Å². The summed E-state index contributed by atoms with van der Waals surface area (Å²) in [5.74, 6) is 0.173. The molecule has 0 bridgehead atoms. The Labute approximate surface area is 190 Å². The molecule has 0 spiro atoms. The number of nitrogens with zero attached hydrogens (tertiary/aromatic N) is 4. The SMILES string of the molecule is Cc1cc2nc(N[C@@H](C)c3cncc(F)c3)nc(C(=O)N3CC(CN)C3)c2s1.Cl.Cl. The van der Waals surface area contributed by atoms with Crippen molar-refractivity contribution < 1.29 is 9.18 Å². The number of aromatic nitrogens is 3. The van der Waals surface area contributed by atoms with Crippen molar-refractivity contribution in [1.82, 2.24) is 19.9 Å². The maximum absolute atomic E-state index is 13.5. The highest BCUT2D eigenvalue weighted by atomic mass is 35.5. The van der Waals surface area contributed by atoms with E-state index in [1.54, 1.807) is 11.1 Å². The van der Waals surface area contributed by atoms with Crippen LogP contribution in [0, 0.1) is 18.7 Å². The first-order valence-corrected chi connectivity index (χ1v) is 9.90. The number of amides is 1. The van der Waals surface area contributed by atoms with Gasteiger partial charge in [-0.3, -0.25) is 9.78 Å². The van der Waals surface area contributed by atoms with Gasteiger partial charge in [-0.25, -0.2) is 14.4 Å². The molecule has 3 aromatic rings. The number of likely N-dealkylation sites (tertiary alicyclic amines) is 1. The minimum absolute atomic E-state index is 0. The van der Waals surface area contributed by atoms with Crippen LogP contribution in [-0.4, -0.2) is 45.4 Å². The van der Waals surface area contributed by atoms with E-state index in [-0.39, 0.29) is 36.8 Å². The standard InChI is InChI=1S/C19H21FN6OS.2ClH/c1-10-3-15-17(28-10)16(18(27)26-8-12(5-21)9-26)25-19(24-15)23-11(2)13-4-14(20)7-22-6-13;;/h3-4,6-7,11-12H,5,8-9,21H2,1-2H3,(H,23,24,25);2*1H/t11-;;/m0../s1. The Hall–Kier alpha value is -2.07. The number of nitrogens with one attached hydrogen (secondary N) is 1. The molecule has 4 rings (SSSR count). The number of hydrogen-bond donors (Lipinski definition) is 2. The number of halogens is 3. The molecule has 30 heavy (non-hydrogen) atoms. The number of rotatable bonds is 5. The molecular formula is C19H23Cl2FN6OS. The second-order valence-electron chi connectivity index (χ2n) is 7.08. The van der Waals surface area contributed by atoms with Crippen molar-refractivity contribution in [3.63, 3.8) is 0 Å². The predicted octanol–water partition coefficient (Wildman–Crippen LogP) is 3.58. The lowest BCUT2D eigenvalue weighted by Gasteiger charge is -2.38. The molecule has 1 aliphatic rings. The first-order valence-electron chi connectivity index (χ1n) is 9.09. The monoisotopic (exact) mass is 472 g/mol. The number of nitrogens with two attached hydrogens (primary N) is 1. The maximum atomic E-state index is 13.5. The minimum Gasteiger partial charge on any atom is -0.348 e. The fourth-order valence-corrected chi connectivity index (χ4v) is 4.17. The average molecular weight is 473 g/mol. The van der Waals surface area contributed by atoms with Crippen LogP contribution in [0.1, 0.15) is 33.9 Å². The summed E-state index contributed by atoms with van der Waals surface area (Å²) in [4.78, 5) is 28.7. The molecule has 1 amide bonds. The predicted molar refractivity (Wildman–Crippen MR) is 121 cm³/mol. The van der Waals surface area contributed by atoms with Crippen molar-refractivity contribution in [1.29, 1.82) is 0 Å². The zero-order chi connectivity index (χ0) is 19.8. The van der Waals surface area contributed by atoms with Crippen LogP contribution in [0.15, 0.2) is 24.5 Å². The summed E-state index contributed by atoms with van der Waals surface area (Å²) in [5.41, 5.74) is 7.46. The molecule has 3 N–H and O–H groups in total. The molecule has 0 aliphatic carbocycles.